The fourth-order valence-corrected chi connectivity index (χ4v) is 9.09. The number of aromatic nitrogens is 5. The molecule has 0 spiro atoms. The number of ether oxygens (including phenoxy) is 4. The summed E-state index contributed by atoms with van der Waals surface area (Å²) in [4.78, 5) is 75.3. The van der Waals surface area contributed by atoms with E-state index < -0.39 is 30.4 Å². The zero-order valence-corrected chi connectivity index (χ0v) is 36.2. The Morgan fingerprint density at radius 2 is 1.29 bits per heavy atom. The van der Waals surface area contributed by atoms with Crippen LogP contribution in [-0.4, -0.2) is 112 Å². The molecule has 0 radical (unpaired) electrons. The smallest absolute Gasteiger partial charge is 0.407 e. The number of carbonyl (C=O) groups is 4. The molecular formula is C45H55N9O8. The number of fused-ring (bicyclic) bond motifs is 5. The predicted molar refractivity (Wildman–Crippen MR) is 230 cm³/mol. The van der Waals surface area contributed by atoms with Gasteiger partial charge in [-0.3, -0.25) is 9.59 Å². The minimum absolute atomic E-state index is 0.130. The van der Waals surface area contributed by atoms with E-state index in [0.29, 0.717) is 37.1 Å². The van der Waals surface area contributed by atoms with Crippen molar-refractivity contribution in [3.8, 4) is 39.5 Å². The molecule has 3 unspecified atom stereocenters. The second-order valence-corrected chi connectivity index (χ2v) is 16.9. The van der Waals surface area contributed by atoms with Gasteiger partial charge in [0.05, 0.1) is 62.4 Å². The fourth-order valence-electron chi connectivity index (χ4n) is 9.09. The summed E-state index contributed by atoms with van der Waals surface area (Å²) in [6.07, 6.45) is 5.04. The maximum absolute atomic E-state index is 13.7. The van der Waals surface area contributed by atoms with Crippen LogP contribution in [0.4, 0.5) is 9.59 Å². The third-order valence-corrected chi connectivity index (χ3v) is 12.3. The lowest BCUT2D eigenvalue weighted by molar-refractivity contribution is -0.136. The molecule has 5 aromatic rings. The summed E-state index contributed by atoms with van der Waals surface area (Å²) in [5.74, 6) is 1.49. The number of aromatic amines is 3. The highest BCUT2D eigenvalue weighted by molar-refractivity contribution is 5.96. The molecule has 328 valence electrons. The minimum atomic E-state index is -0.718. The van der Waals surface area contributed by atoms with Gasteiger partial charge >= 0.3 is 12.2 Å². The quantitative estimate of drug-likeness (QED) is 0.0889. The summed E-state index contributed by atoms with van der Waals surface area (Å²) >= 11 is 0. The van der Waals surface area contributed by atoms with E-state index in [2.05, 4.69) is 37.7 Å². The van der Waals surface area contributed by atoms with Gasteiger partial charge in [-0.1, -0.05) is 39.8 Å². The number of benzene rings is 2. The van der Waals surface area contributed by atoms with Crippen LogP contribution in [0.2, 0.25) is 0 Å². The number of hydrogen-bond donors (Lipinski definition) is 5. The van der Waals surface area contributed by atoms with Crippen LogP contribution in [0, 0.1) is 11.8 Å². The van der Waals surface area contributed by atoms with E-state index in [0.717, 1.165) is 75.9 Å². The van der Waals surface area contributed by atoms with Crippen LogP contribution in [0.1, 0.15) is 88.8 Å². The van der Waals surface area contributed by atoms with Gasteiger partial charge in [0.25, 0.3) is 0 Å². The highest BCUT2D eigenvalue weighted by Gasteiger charge is 2.39. The Bertz CT molecular complexity index is 2470. The van der Waals surface area contributed by atoms with Gasteiger partial charge in [-0.2, -0.15) is 0 Å². The molecule has 4 amide bonds. The minimum Gasteiger partial charge on any atom is -0.482 e. The van der Waals surface area contributed by atoms with Crippen molar-refractivity contribution < 1.29 is 38.1 Å². The molecule has 6 heterocycles. The van der Waals surface area contributed by atoms with Crippen molar-refractivity contribution in [1.82, 2.24) is 45.4 Å². The Morgan fingerprint density at radius 3 is 1.81 bits per heavy atom. The number of likely N-dealkylation sites (tertiary alicyclic amines) is 2. The first kappa shape index (κ1) is 42.3. The molecule has 3 aliphatic heterocycles. The topological polar surface area (TPSA) is 209 Å². The van der Waals surface area contributed by atoms with Crippen LogP contribution in [0.25, 0.3) is 44.7 Å². The lowest BCUT2D eigenvalue weighted by Gasteiger charge is -2.30. The summed E-state index contributed by atoms with van der Waals surface area (Å²) in [5, 5.41) is 6.40. The first-order valence-corrected chi connectivity index (χ1v) is 21.3. The van der Waals surface area contributed by atoms with E-state index >= 15 is 0 Å². The van der Waals surface area contributed by atoms with Crippen LogP contribution >= 0.6 is 0 Å². The second-order valence-electron chi connectivity index (χ2n) is 16.9. The number of amides is 4. The first-order valence-electron chi connectivity index (χ1n) is 21.3. The molecule has 0 bridgehead atoms. The first-order chi connectivity index (χ1) is 29.9. The van der Waals surface area contributed by atoms with E-state index in [9.17, 15) is 19.2 Å². The normalized spacial score (nSPS) is 19.3. The van der Waals surface area contributed by atoms with Gasteiger partial charge in [-0.15, -0.1) is 0 Å². The molecule has 5 atom stereocenters. The van der Waals surface area contributed by atoms with Crippen LogP contribution in [0.15, 0.2) is 48.8 Å². The zero-order chi connectivity index (χ0) is 43.8. The summed E-state index contributed by atoms with van der Waals surface area (Å²) in [6.45, 7) is 9.04. The molecule has 2 saturated heterocycles. The molecule has 62 heavy (non-hydrogen) atoms. The van der Waals surface area contributed by atoms with Crippen molar-refractivity contribution in [2.24, 2.45) is 11.8 Å². The molecule has 2 fully saturated rings. The van der Waals surface area contributed by atoms with Gasteiger partial charge in [0.2, 0.25) is 11.8 Å². The number of hydrogen-bond acceptors (Lipinski definition) is 10. The Kier molecular flexibility index (Phi) is 12.0. The molecule has 8 rings (SSSR count). The molecule has 0 aliphatic carbocycles. The van der Waals surface area contributed by atoms with Gasteiger partial charge in [0.1, 0.15) is 35.6 Å². The monoisotopic (exact) mass is 849 g/mol. The molecule has 2 aromatic carbocycles. The molecular weight excluding hydrogens is 795 g/mol. The number of carbonyl (C=O) groups excluding carboxylic acids is 4. The van der Waals surface area contributed by atoms with Crippen LogP contribution in [-0.2, 0) is 23.8 Å². The van der Waals surface area contributed by atoms with Gasteiger partial charge in [0.15, 0.2) is 0 Å². The van der Waals surface area contributed by atoms with E-state index in [1.807, 2.05) is 52.0 Å². The standard InChI is InChI=1S/C45H55N9O8/c1-23(2)37(51-44(57)60-6)42(55)53-16-8-10-32(53)40-46-20-30(49-40)25-13-15-29-28(18-25)36-35(22-59-5)62-34-19-26(12-14-27(34)39(36)48-29)31-21-47-41(50-31)33-11-9-17-54(33)43(56)38(24(3)4)52-45(58)61-7/h12-15,18-21,23-24,32-33,35,37-38,48H,8-11,16-17,22H2,1-7H3,(H,46,49)(H,47,50)(H,51,57)(H,52,58)/t32-,33-,35?,37?,38?/m0/s1. The lowest BCUT2D eigenvalue weighted by Crippen LogP contribution is -2.51. The largest absolute Gasteiger partial charge is 0.482 e. The lowest BCUT2D eigenvalue weighted by atomic mass is 9.95. The average Bonchev–Trinajstić information content (AvgIpc) is 4.12. The van der Waals surface area contributed by atoms with E-state index in [1.165, 1.54) is 14.2 Å². The predicted octanol–water partition coefficient (Wildman–Crippen LogP) is 6.78. The van der Waals surface area contributed by atoms with Gasteiger partial charge in [-0.25, -0.2) is 19.6 Å². The number of nitrogens with zero attached hydrogens (tertiary/aromatic N) is 4. The molecule has 3 aliphatic rings. The maximum atomic E-state index is 13.7. The summed E-state index contributed by atoms with van der Waals surface area (Å²) in [7, 11) is 4.23. The summed E-state index contributed by atoms with van der Waals surface area (Å²) < 4.78 is 22.0. The summed E-state index contributed by atoms with van der Waals surface area (Å²) in [5.41, 5.74) is 7.20. The van der Waals surface area contributed by atoms with Crippen molar-refractivity contribution in [1.29, 1.82) is 0 Å². The van der Waals surface area contributed by atoms with E-state index in [-0.39, 0.29) is 35.7 Å². The van der Waals surface area contributed by atoms with Gasteiger partial charge < -0.3 is 54.3 Å². The highest BCUT2D eigenvalue weighted by Crippen LogP contribution is 2.47. The average molecular weight is 850 g/mol. The van der Waals surface area contributed by atoms with Crippen molar-refractivity contribution >= 4 is 34.9 Å². The Hall–Kier alpha value is -6.36. The zero-order valence-electron chi connectivity index (χ0n) is 36.2. The Labute approximate surface area is 359 Å². The molecule has 17 nitrogen and oxygen atoms in total. The van der Waals surface area contributed by atoms with Crippen molar-refractivity contribution in [2.75, 3.05) is 41.0 Å². The molecule has 0 saturated carbocycles. The fraction of sp³-hybridized carbons (Fsp3) is 0.467. The number of imidazole rings is 2. The van der Waals surface area contributed by atoms with Crippen LogP contribution in [0.3, 0.4) is 0 Å². The van der Waals surface area contributed by atoms with Crippen molar-refractivity contribution in [2.45, 2.75) is 83.6 Å². The Balaban J connectivity index is 1.04. The van der Waals surface area contributed by atoms with E-state index in [1.54, 1.807) is 29.3 Å². The third-order valence-electron chi connectivity index (χ3n) is 12.3. The SMILES string of the molecule is COCC1Oc2cc(-c3cnc([C@@H]4CCCN4C(=O)C(NC(=O)OC)C(C)C)[nH]3)ccc2-c2[nH]c3ccc(-c4cnc([C@@H]5CCCN5C(=O)C(NC(=O)OC)C(C)C)[nH]4)cc3c21. The highest BCUT2D eigenvalue weighted by atomic mass is 16.5. The van der Waals surface area contributed by atoms with Gasteiger partial charge in [-0.05, 0) is 61.8 Å². The number of alkyl carbamates (subject to hydrolysis) is 2. The summed E-state index contributed by atoms with van der Waals surface area (Å²) in [6, 6.07) is 10.3. The van der Waals surface area contributed by atoms with Crippen molar-refractivity contribution in [3.05, 3.63) is 66.0 Å². The third kappa shape index (κ3) is 7.96. The van der Waals surface area contributed by atoms with Crippen molar-refractivity contribution in [3.63, 3.8) is 0 Å². The second kappa shape index (κ2) is 17.6. The van der Waals surface area contributed by atoms with Gasteiger partial charge in [0, 0.05) is 53.4 Å². The molecule has 5 N–H and O–H groups in total. The van der Waals surface area contributed by atoms with Crippen LogP contribution in [0.5, 0.6) is 5.75 Å². The molecule has 17 heteroatoms. The maximum Gasteiger partial charge on any atom is 0.407 e. The number of rotatable bonds is 12. The van der Waals surface area contributed by atoms with Crippen LogP contribution < -0.4 is 15.4 Å². The Morgan fingerprint density at radius 1 is 0.758 bits per heavy atom. The molecule has 3 aromatic heterocycles. The number of methoxy groups -OCH3 is 3. The number of nitrogens with one attached hydrogen (secondary N) is 5. The number of H-pyrrole nitrogens is 3. The van der Waals surface area contributed by atoms with E-state index in [4.69, 9.17) is 28.9 Å².